The first kappa shape index (κ1) is 13.2. The number of nitrogens with two attached hydrogens (primary N) is 1. The summed E-state index contributed by atoms with van der Waals surface area (Å²) in [6.45, 7) is 2.30. The Morgan fingerprint density at radius 2 is 2.10 bits per heavy atom. The number of nitrogen functional groups attached to an aromatic ring is 1. The molecule has 1 aromatic carbocycles. The number of aromatic nitrogens is 1. The topological polar surface area (TPSA) is 50.9 Å². The van der Waals surface area contributed by atoms with E-state index in [-0.39, 0.29) is 0 Å². The van der Waals surface area contributed by atoms with Gasteiger partial charge in [0.1, 0.15) is 0 Å². The molecule has 2 aromatic rings. The first-order chi connectivity index (χ1) is 9.79. The minimum Gasteiger partial charge on any atom is -0.397 e. The molecule has 0 radical (unpaired) electrons. The minimum absolute atomic E-state index is 0.584. The summed E-state index contributed by atoms with van der Waals surface area (Å²) in [5.74, 6) is 0.785. The van der Waals surface area contributed by atoms with Crippen molar-refractivity contribution in [3.05, 3.63) is 30.5 Å². The SMILES string of the molecule is CCC1CCCCC1Nc1ccc(N)c2ncccc12. The van der Waals surface area contributed by atoms with Gasteiger partial charge < -0.3 is 11.1 Å². The largest absolute Gasteiger partial charge is 0.397 e. The van der Waals surface area contributed by atoms with Crippen molar-refractivity contribution in [2.45, 2.75) is 45.1 Å². The number of nitrogens with zero attached hydrogens (tertiary/aromatic N) is 1. The van der Waals surface area contributed by atoms with Crippen LogP contribution in [0.4, 0.5) is 11.4 Å². The van der Waals surface area contributed by atoms with Crippen molar-refractivity contribution in [3.63, 3.8) is 0 Å². The summed E-state index contributed by atoms with van der Waals surface area (Å²) < 4.78 is 0. The molecule has 0 bridgehead atoms. The van der Waals surface area contributed by atoms with Crippen molar-refractivity contribution in [2.24, 2.45) is 5.92 Å². The maximum atomic E-state index is 6.02. The average molecular weight is 269 g/mol. The van der Waals surface area contributed by atoms with Crippen LogP contribution < -0.4 is 11.1 Å². The van der Waals surface area contributed by atoms with Crippen LogP contribution in [0.1, 0.15) is 39.0 Å². The van der Waals surface area contributed by atoms with Crippen LogP contribution in [0.3, 0.4) is 0 Å². The van der Waals surface area contributed by atoms with Gasteiger partial charge in [0.25, 0.3) is 0 Å². The summed E-state index contributed by atoms with van der Waals surface area (Å²) >= 11 is 0. The van der Waals surface area contributed by atoms with E-state index in [0.29, 0.717) is 6.04 Å². The molecule has 0 saturated heterocycles. The number of pyridine rings is 1. The van der Waals surface area contributed by atoms with Crippen molar-refractivity contribution in [1.29, 1.82) is 0 Å². The van der Waals surface area contributed by atoms with Crippen LogP contribution in [0.2, 0.25) is 0 Å². The Morgan fingerprint density at radius 1 is 1.25 bits per heavy atom. The number of fused-ring (bicyclic) bond motifs is 1. The Hall–Kier alpha value is -1.77. The van der Waals surface area contributed by atoms with Gasteiger partial charge in [0.05, 0.1) is 11.2 Å². The van der Waals surface area contributed by atoms with E-state index < -0.39 is 0 Å². The van der Waals surface area contributed by atoms with Crippen molar-refractivity contribution >= 4 is 22.3 Å². The molecule has 3 rings (SSSR count). The molecule has 1 aromatic heterocycles. The molecular weight excluding hydrogens is 246 g/mol. The molecule has 106 valence electrons. The Morgan fingerprint density at radius 3 is 2.95 bits per heavy atom. The third-order valence-corrected chi connectivity index (χ3v) is 4.58. The van der Waals surface area contributed by atoms with Gasteiger partial charge in [-0.05, 0) is 43.0 Å². The summed E-state index contributed by atoms with van der Waals surface area (Å²) in [4.78, 5) is 4.41. The van der Waals surface area contributed by atoms with Gasteiger partial charge in [-0.3, -0.25) is 4.98 Å². The molecule has 1 heterocycles. The van der Waals surface area contributed by atoms with E-state index in [1.165, 1.54) is 37.8 Å². The third-order valence-electron chi connectivity index (χ3n) is 4.58. The van der Waals surface area contributed by atoms with Gasteiger partial charge in [0.15, 0.2) is 0 Å². The van der Waals surface area contributed by atoms with Crippen molar-refractivity contribution < 1.29 is 0 Å². The second kappa shape index (κ2) is 5.70. The number of rotatable bonds is 3. The molecular formula is C17H23N3. The van der Waals surface area contributed by atoms with Crippen LogP contribution in [0.5, 0.6) is 0 Å². The summed E-state index contributed by atoms with van der Waals surface area (Å²) in [5.41, 5.74) is 8.85. The summed E-state index contributed by atoms with van der Waals surface area (Å²) in [6, 6.07) is 8.72. The maximum absolute atomic E-state index is 6.02. The molecule has 3 nitrogen and oxygen atoms in total. The first-order valence-electron chi connectivity index (χ1n) is 7.69. The lowest BCUT2D eigenvalue weighted by molar-refractivity contribution is 0.317. The highest BCUT2D eigenvalue weighted by Crippen LogP contribution is 2.32. The summed E-state index contributed by atoms with van der Waals surface area (Å²) in [7, 11) is 0. The van der Waals surface area contributed by atoms with Gasteiger partial charge in [-0.1, -0.05) is 26.2 Å². The first-order valence-corrected chi connectivity index (χ1v) is 7.69. The van der Waals surface area contributed by atoms with E-state index in [4.69, 9.17) is 5.73 Å². The van der Waals surface area contributed by atoms with Gasteiger partial charge in [-0.2, -0.15) is 0 Å². The molecule has 20 heavy (non-hydrogen) atoms. The fourth-order valence-corrected chi connectivity index (χ4v) is 3.41. The molecule has 3 N–H and O–H groups in total. The fourth-order valence-electron chi connectivity index (χ4n) is 3.41. The Kier molecular flexibility index (Phi) is 3.77. The summed E-state index contributed by atoms with van der Waals surface area (Å²) in [5, 5.41) is 4.89. The molecule has 0 aliphatic heterocycles. The highest BCUT2D eigenvalue weighted by atomic mass is 14.9. The zero-order chi connectivity index (χ0) is 13.9. The Bertz CT molecular complexity index is 594. The van der Waals surface area contributed by atoms with Gasteiger partial charge >= 0.3 is 0 Å². The number of benzene rings is 1. The number of hydrogen-bond donors (Lipinski definition) is 2. The second-order valence-electron chi connectivity index (χ2n) is 5.81. The van der Waals surface area contributed by atoms with Crippen molar-refractivity contribution in [3.8, 4) is 0 Å². The van der Waals surface area contributed by atoms with Crippen molar-refractivity contribution in [1.82, 2.24) is 4.98 Å². The zero-order valence-electron chi connectivity index (χ0n) is 12.1. The highest BCUT2D eigenvalue weighted by molar-refractivity contribution is 5.98. The van der Waals surface area contributed by atoms with E-state index >= 15 is 0 Å². The lowest BCUT2D eigenvalue weighted by Crippen LogP contribution is -2.31. The van der Waals surface area contributed by atoms with Gasteiger partial charge in [0, 0.05) is 23.3 Å². The molecule has 1 saturated carbocycles. The van der Waals surface area contributed by atoms with Crippen LogP contribution in [0, 0.1) is 5.92 Å². The molecule has 2 unspecified atom stereocenters. The van der Waals surface area contributed by atoms with Gasteiger partial charge in [0.2, 0.25) is 0 Å². The van der Waals surface area contributed by atoms with E-state index in [1.807, 2.05) is 12.1 Å². The van der Waals surface area contributed by atoms with Crippen LogP contribution in [0.15, 0.2) is 30.5 Å². The molecule has 2 atom stereocenters. The Labute approximate surface area is 120 Å². The number of hydrogen-bond acceptors (Lipinski definition) is 3. The second-order valence-corrected chi connectivity index (χ2v) is 5.81. The van der Waals surface area contributed by atoms with Crippen LogP contribution in [-0.2, 0) is 0 Å². The molecule has 0 spiro atoms. The molecule has 1 aliphatic rings. The third kappa shape index (κ3) is 2.45. The lowest BCUT2D eigenvalue weighted by Gasteiger charge is -2.32. The monoisotopic (exact) mass is 269 g/mol. The van der Waals surface area contributed by atoms with Gasteiger partial charge in [-0.15, -0.1) is 0 Å². The predicted molar refractivity (Wildman–Crippen MR) is 85.8 cm³/mol. The van der Waals surface area contributed by atoms with E-state index in [0.717, 1.165) is 22.5 Å². The quantitative estimate of drug-likeness (QED) is 0.821. The molecule has 1 aliphatic carbocycles. The van der Waals surface area contributed by atoms with Gasteiger partial charge in [-0.25, -0.2) is 0 Å². The Balaban J connectivity index is 1.92. The molecule has 3 heteroatoms. The van der Waals surface area contributed by atoms with E-state index in [9.17, 15) is 0 Å². The van der Waals surface area contributed by atoms with Crippen LogP contribution in [-0.4, -0.2) is 11.0 Å². The average Bonchev–Trinajstić information content (AvgIpc) is 2.51. The maximum Gasteiger partial charge on any atom is 0.0951 e. The molecule has 0 amide bonds. The molecule has 1 fully saturated rings. The van der Waals surface area contributed by atoms with Crippen molar-refractivity contribution in [2.75, 3.05) is 11.1 Å². The predicted octanol–water partition coefficient (Wildman–Crippen LogP) is 4.20. The zero-order valence-corrected chi connectivity index (χ0v) is 12.1. The van der Waals surface area contributed by atoms with Crippen LogP contribution >= 0.6 is 0 Å². The van der Waals surface area contributed by atoms with E-state index in [1.54, 1.807) is 6.20 Å². The lowest BCUT2D eigenvalue weighted by atomic mass is 9.82. The number of nitrogens with one attached hydrogen (secondary N) is 1. The number of anilines is 2. The minimum atomic E-state index is 0.584. The normalized spacial score (nSPS) is 22.9. The van der Waals surface area contributed by atoms with E-state index in [2.05, 4.69) is 29.4 Å². The highest BCUT2D eigenvalue weighted by Gasteiger charge is 2.23. The smallest absolute Gasteiger partial charge is 0.0951 e. The van der Waals surface area contributed by atoms with Crippen LogP contribution in [0.25, 0.3) is 10.9 Å². The summed E-state index contributed by atoms with van der Waals surface area (Å²) in [6.07, 6.45) is 8.38. The standard InChI is InChI=1S/C17H23N3/c1-2-12-6-3-4-8-15(12)20-16-10-9-14(18)17-13(16)7-5-11-19-17/h5,7,9-12,15,20H,2-4,6,8,18H2,1H3. The fraction of sp³-hybridized carbons (Fsp3) is 0.471.